The van der Waals surface area contributed by atoms with Gasteiger partial charge < -0.3 is 19.8 Å². The molecule has 0 spiro atoms. The van der Waals surface area contributed by atoms with Gasteiger partial charge in [0.05, 0.1) is 12.2 Å². The highest BCUT2D eigenvalue weighted by Gasteiger charge is 2.47. The summed E-state index contributed by atoms with van der Waals surface area (Å²) >= 11 is 0. The van der Waals surface area contributed by atoms with Gasteiger partial charge in [0.1, 0.15) is 6.04 Å². The normalized spacial score (nSPS) is 32.4. The number of urea groups is 1. The summed E-state index contributed by atoms with van der Waals surface area (Å²) in [5.74, 6) is -0.157. The standard InChI is InChI=1S/C12H19BN4O4/c18-7-13-15-4-3-8(5-15)14-11(19)10-2-1-9-6-16(10)12(20)17(9)21/h7-10,13,21H,1-6H2,(H,14,19)/t8-,9+,10-/m0/s1. The van der Waals surface area contributed by atoms with E-state index in [1.165, 1.54) is 4.90 Å². The molecule has 3 heterocycles. The van der Waals surface area contributed by atoms with E-state index in [9.17, 15) is 19.6 Å². The van der Waals surface area contributed by atoms with Gasteiger partial charge in [-0.15, -0.1) is 0 Å². The molecule has 8 nitrogen and oxygen atoms in total. The van der Waals surface area contributed by atoms with Crippen molar-refractivity contribution in [3.63, 3.8) is 0 Å². The molecular weight excluding hydrogens is 275 g/mol. The zero-order valence-electron chi connectivity index (χ0n) is 11.8. The van der Waals surface area contributed by atoms with E-state index in [1.807, 2.05) is 4.81 Å². The van der Waals surface area contributed by atoms with Crippen molar-refractivity contribution in [3.8, 4) is 0 Å². The van der Waals surface area contributed by atoms with Crippen molar-refractivity contribution in [2.24, 2.45) is 0 Å². The highest BCUT2D eigenvalue weighted by Crippen LogP contribution is 2.28. The summed E-state index contributed by atoms with van der Waals surface area (Å²) < 4.78 is 0. The highest BCUT2D eigenvalue weighted by atomic mass is 16.5. The monoisotopic (exact) mass is 294 g/mol. The number of hydroxylamine groups is 2. The smallest absolute Gasteiger partial charge is 0.344 e. The Balaban J connectivity index is 1.57. The number of hydrogen-bond donors (Lipinski definition) is 2. The Kier molecular flexibility index (Phi) is 3.86. The van der Waals surface area contributed by atoms with Gasteiger partial charge in [0.15, 0.2) is 0 Å². The number of hydrogen-bond acceptors (Lipinski definition) is 5. The molecule has 3 aliphatic heterocycles. The van der Waals surface area contributed by atoms with Gasteiger partial charge in [-0.2, -0.15) is 0 Å². The summed E-state index contributed by atoms with van der Waals surface area (Å²) in [6.07, 6.45) is 2.89. The van der Waals surface area contributed by atoms with E-state index >= 15 is 0 Å². The summed E-state index contributed by atoms with van der Waals surface area (Å²) in [4.78, 5) is 38.1. The van der Waals surface area contributed by atoms with Gasteiger partial charge in [0, 0.05) is 19.1 Å². The first-order chi connectivity index (χ1) is 10.1. The van der Waals surface area contributed by atoms with Crippen molar-refractivity contribution < 1.29 is 19.6 Å². The Hall–Kier alpha value is -1.61. The molecule has 0 aromatic heterocycles. The van der Waals surface area contributed by atoms with Gasteiger partial charge >= 0.3 is 6.03 Å². The second kappa shape index (κ2) is 5.65. The molecule has 114 valence electrons. The van der Waals surface area contributed by atoms with E-state index in [1.54, 1.807) is 0 Å². The minimum atomic E-state index is -0.494. The number of nitrogens with one attached hydrogen (secondary N) is 1. The van der Waals surface area contributed by atoms with Crippen molar-refractivity contribution in [3.05, 3.63) is 0 Å². The zero-order chi connectivity index (χ0) is 15.0. The number of rotatable bonds is 4. The molecule has 2 bridgehead atoms. The van der Waals surface area contributed by atoms with Crippen LogP contribution < -0.4 is 5.32 Å². The average molecular weight is 294 g/mol. The third kappa shape index (κ3) is 2.63. The Morgan fingerprint density at radius 1 is 1.33 bits per heavy atom. The maximum atomic E-state index is 12.4. The SMILES string of the molecule is O=CBN1CC[C@H](NC(=O)[C@@H]2CC[C@@H]3CN2C(=O)N3O)C1. The molecule has 2 N–H and O–H groups in total. The predicted octanol–water partition coefficient (Wildman–Crippen LogP) is -1.62. The van der Waals surface area contributed by atoms with Crippen LogP contribution in [0.3, 0.4) is 0 Å². The summed E-state index contributed by atoms with van der Waals surface area (Å²) in [6.45, 7) is 1.87. The fraction of sp³-hybridized carbons (Fsp3) is 0.750. The Bertz CT molecular complexity index is 463. The van der Waals surface area contributed by atoms with Crippen LogP contribution in [0.5, 0.6) is 0 Å². The van der Waals surface area contributed by atoms with E-state index < -0.39 is 12.1 Å². The van der Waals surface area contributed by atoms with Crippen LogP contribution in [0.2, 0.25) is 0 Å². The maximum Gasteiger partial charge on any atom is 0.344 e. The van der Waals surface area contributed by atoms with Crippen LogP contribution >= 0.6 is 0 Å². The van der Waals surface area contributed by atoms with Crippen LogP contribution in [0.1, 0.15) is 19.3 Å². The fourth-order valence-corrected chi connectivity index (χ4v) is 3.44. The Morgan fingerprint density at radius 3 is 2.90 bits per heavy atom. The lowest BCUT2D eigenvalue weighted by Crippen LogP contribution is -2.52. The molecule has 0 radical (unpaired) electrons. The topological polar surface area (TPSA) is 93.2 Å². The molecule has 0 saturated carbocycles. The van der Waals surface area contributed by atoms with Gasteiger partial charge in [-0.05, 0) is 25.8 Å². The van der Waals surface area contributed by atoms with Crippen LogP contribution in [0, 0.1) is 0 Å². The quantitative estimate of drug-likeness (QED) is 0.369. The minimum absolute atomic E-state index is 0.0260. The second-order valence-corrected chi connectivity index (χ2v) is 5.95. The van der Waals surface area contributed by atoms with Gasteiger partial charge in [-0.25, -0.2) is 9.86 Å². The molecular formula is C12H19BN4O4. The summed E-state index contributed by atoms with van der Waals surface area (Å²) in [5.41, 5.74) is 0. The lowest BCUT2D eigenvalue weighted by atomic mass is 9.96. The lowest BCUT2D eigenvalue weighted by molar-refractivity contribution is -0.126. The molecule has 9 heteroatoms. The predicted molar refractivity (Wildman–Crippen MR) is 74.6 cm³/mol. The van der Waals surface area contributed by atoms with E-state index in [0.717, 1.165) is 24.2 Å². The number of carbonyl (C=O) groups excluding carboxylic acids is 3. The molecule has 3 fully saturated rings. The Labute approximate surface area is 123 Å². The average Bonchev–Trinajstić information content (AvgIpc) is 2.99. The molecule has 3 aliphatic rings. The van der Waals surface area contributed by atoms with Crippen molar-refractivity contribution in [1.82, 2.24) is 20.1 Å². The maximum absolute atomic E-state index is 12.4. The van der Waals surface area contributed by atoms with Crippen molar-refractivity contribution in [2.75, 3.05) is 19.6 Å². The lowest BCUT2D eigenvalue weighted by Gasteiger charge is -2.30. The summed E-state index contributed by atoms with van der Waals surface area (Å²) in [5, 5.41) is 13.3. The number of fused-ring (bicyclic) bond motifs is 2. The van der Waals surface area contributed by atoms with Crippen LogP contribution in [0.4, 0.5) is 4.79 Å². The molecule has 21 heavy (non-hydrogen) atoms. The fourth-order valence-electron chi connectivity index (χ4n) is 3.44. The summed E-state index contributed by atoms with van der Waals surface area (Å²) in [6, 6.07) is -1.13. The van der Waals surface area contributed by atoms with Crippen molar-refractivity contribution in [1.29, 1.82) is 0 Å². The molecule has 3 rings (SSSR count). The second-order valence-electron chi connectivity index (χ2n) is 5.95. The number of carbonyl (C=O) groups is 3. The third-order valence-electron chi connectivity index (χ3n) is 4.60. The van der Waals surface area contributed by atoms with Crippen LogP contribution in [-0.2, 0) is 9.59 Å². The van der Waals surface area contributed by atoms with E-state index in [0.29, 0.717) is 33.3 Å². The summed E-state index contributed by atoms with van der Waals surface area (Å²) in [7, 11) is 0.390. The van der Waals surface area contributed by atoms with Crippen molar-refractivity contribution in [2.45, 2.75) is 37.4 Å². The van der Waals surface area contributed by atoms with Crippen LogP contribution in [0.25, 0.3) is 0 Å². The van der Waals surface area contributed by atoms with E-state index in [-0.39, 0.29) is 18.0 Å². The van der Waals surface area contributed by atoms with Crippen LogP contribution in [-0.4, -0.2) is 83.3 Å². The first kappa shape index (κ1) is 14.3. The van der Waals surface area contributed by atoms with Gasteiger partial charge in [0.25, 0.3) is 7.41 Å². The first-order valence-corrected chi connectivity index (χ1v) is 7.35. The molecule has 0 aromatic rings. The molecule has 0 unspecified atom stereocenters. The molecule has 3 saturated heterocycles. The third-order valence-corrected chi connectivity index (χ3v) is 4.60. The number of nitrogens with zero attached hydrogens (tertiary/aromatic N) is 3. The molecule has 0 aromatic carbocycles. The van der Waals surface area contributed by atoms with Gasteiger partial charge in [0.2, 0.25) is 5.91 Å². The zero-order valence-corrected chi connectivity index (χ0v) is 11.8. The highest BCUT2D eigenvalue weighted by molar-refractivity contribution is 6.64. The van der Waals surface area contributed by atoms with Gasteiger partial charge in [-0.1, -0.05) is 0 Å². The molecule has 0 aliphatic carbocycles. The van der Waals surface area contributed by atoms with Crippen LogP contribution in [0.15, 0.2) is 0 Å². The van der Waals surface area contributed by atoms with E-state index in [2.05, 4.69) is 5.32 Å². The molecule has 3 atom stereocenters. The number of amides is 3. The minimum Gasteiger partial charge on any atom is -0.350 e. The number of piperidine rings is 1. The largest absolute Gasteiger partial charge is 0.350 e. The molecule has 3 amide bonds. The first-order valence-electron chi connectivity index (χ1n) is 7.35. The van der Waals surface area contributed by atoms with E-state index in [4.69, 9.17) is 0 Å². The Morgan fingerprint density at radius 2 is 2.14 bits per heavy atom. The van der Waals surface area contributed by atoms with Gasteiger partial charge in [-0.3, -0.25) is 10.0 Å². The van der Waals surface area contributed by atoms with Crippen molar-refractivity contribution >= 4 is 25.5 Å².